The van der Waals surface area contributed by atoms with E-state index in [2.05, 4.69) is 5.32 Å². The van der Waals surface area contributed by atoms with E-state index < -0.39 is 24.0 Å². The fraction of sp³-hybridized carbons (Fsp3) is 0.308. The average Bonchev–Trinajstić information content (AvgIpc) is 2.46. The molecule has 7 nitrogen and oxygen atoms in total. The van der Waals surface area contributed by atoms with E-state index >= 15 is 0 Å². The van der Waals surface area contributed by atoms with Crippen LogP contribution in [-0.4, -0.2) is 38.2 Å². The van der Waals surface area contributed by atoms with Crippen LogP contribution < -0.4 is 15.4 Å². The number of para-hydroxylation sites is 1. The second-order valence-electron chi connectivity index (χ2n) is 3.82. The standard InChI is InChI=1S/C13H16N2O5/c1-8(11(16)15-13(18)14-2)20-12(17)9-6-4-5-7-10(9)19-3/h4-8H,1-3H3,(H2,14,15,16,18)/t8-/m1/s1. The third-order valence-electron chi connectivity index (χ3n) is 2.44. The highest BCUT2D eigenvalue weighted by Gasteiger charge is 2.22. The Labute approximate surface area is 116 Å². The second-order valence-corrected chi connectivity index (χ2v) is 3.82. The van der Waals surface area contributed by atoms with Crippen LogP contribution in [0, 0.1) is 0 Å². The number of imide groups is 1. The molecule has 20 heavy (non-hydrogen) atoms. The van der Waals surface area contributed by atoms with Crippen LogP contribution in [0.1, 0.15) is 17.3 Å². The first kappa shape index (κ1) is 15.5. The normalized spacial score (nSPS) is 11.2. The van der Waals surface area contributed by atoms with Gasteiger partial charge in [0.25, 0.3) is 5.91 Å². The van der Waals surface area contributed by atoms with Gasteiger partial charge < -0.3 is 14.8 Å². The molecule has 1 rings (SSSR count). The Morgan fingerprint density at radius 1 is 1.20 bits per heavy atom. The minimum atomic E-state index is -1.11. The monoisotopic (exact) mass is 280 g/mol. The quantitative estimate of drug-likeness (QED) is 0.792. The van der Waals surface area contributed by atoms with E-state index in [1.54, 1.807) is 18.2 Å². The summed E-state index contributed by atoms with van der Waals surface area (Å²) in [5.74, 6) is -1.08. The number of hydrogen-bond acceptors (Lipinski definition) is 5. The van der Waals surface area contributed by atoms with Gasteiger partial charge in [-0.2, -0.15) is 0 Å². The summed E-state index contributed by atoms with van der Waals surface area (Å²) in [4.78, 5) is 34.4. The maximum absolute atomic E-state index is 11.9. The van der Waals surface area contributed by atoms with Gasteiger partial charge in [0.05, 0.1) is 7.11 Å². The first-order chi connectivity index (χ1) is 9.49. The second kappa shape index (κ2) is 7.13. The van der Waals surface area contributed by atoms with Crippen molar-refractivity contribution in [1.29, 1.82) is 0 Å². The van der Waals surface area contributed by atoms with Gasteiger partial charge >= 0.3 is 12.0 Å². The summed E-state index contributed by atoms with van der Waals surface area (Å²) in [5, 5.41) is 4.24. The number of amides is 3. The molecule has 0 aliphatic heterocycles. The summed E-state index contributed by atoms with van der Waals surface area (Å²) in [6.07, 6.45) is -1.11. The minimum absolute atomic E-state index is 0.203. The Kier molecular flexibility index (Phi) is 5.52. The summed E-state index contributed by atoms with van der Waals surface area (Å²) in [5.41, 5.74) is 0.203. The molecule has 0 fully saturated rings. The number of rotatable bonds is 4. The lowest BCUT2D eigenvalue weighted by Crippen LogP contribution is -2.43. The van der Waals surface area contributed by atoms with Crippen molar-refractivity contribution in [2.24, 2.45) is 0 Å². The molecule has 0 saturated carbocycles. The molecule has 0 aliphatic rings. The fourth-order valence-electron chi connectivity index (χ4n) is 1.37. The molecular formula is C13H16N2O5. The number of carbonyl (C=O) groups excluding carboxylic acids is 3. The van der Waals surface area contributed by atoms with Crippen LogP contribution in [-0.2, 0) is 9.53 Å². The summed E-state index contributed by atoms with van der Waals surface area (Å²) in [7, 11) is 2.79. The molecule has 1 aromatic rings. The lowest BCUT2D eigenvalue weighted by Gasteiger charge is -2.13. The number of nitrogens with one attached hydrogen (secondary N) is 2. The predicted molar refractivity (Wildman–Crippen MR) is 70.5 cm³/mol. The van der Waals surface area contributed by atoms with Crippen molar-refractivity contribution >= 4 is 17.9 Å². The minimum Gasteiger partial charge on any atom is -0.496 e. The van der Waals surface area contributed by atoms with E-state index in [4.69, 9.17) is 9.47 Å². The van der Waals surface area contributed by atoms with Crippen molar-refractivity contribution in [3.05, 3.63) is 29.8 Å². The number of carbonyl (C=O) groups is 3. The van der Waals surface area contributed by atoms with Crippen LogP contribution in [0.3, 0.4) is 0 Å². The van der Waals surface area contributed by atoms with Gasteiger partial charge in [-0.05, 0) is 19.1 Å². The average molecular weight is 280 g/mol. The van der Waals surface area contributed by atoms with Crippen molar-refractivity contribution in [3.8, 4) is 5.75 Å². The van der Waals surface area contributed by atoms with E-state index in [0.29, 0.717) is 5.75 Å². The smallest absolute Gasteiger partial charge is 0.342 e. The zero-order valence-electron chi connectivity index (χ0n) is 11.4. The topological polar surface area (TPSA) is 93.7 Å². The maximum Gasteiger partial charge on any atom is 0.342 e. The maximum atomic E-state index is 11.9. The SMILES string of the molecule is CNC(=O)NC(=O)[C@@H](C)OC(=O)c1ccccc1OC. The number of ether oxygens (including phenoxy) is 2. The van der Waals surface area contributed by atoms with E-state index in [1.807, 2.05) is 5.32 Å². The molecule has 1 atom stereocenters. The van der Waals surface area contributed by atoms with Crippen LogP contribution in [0.2, 0.25) is 0 Å². The third-order valence-corrected chi connectivity index (χ3v) is 2.44. The highest BCUT2D eigenvalue weighted by Crippen LogP contribution is 2.18. The van der Waals surface area contributed by atoms with Gasteiger partial charge in [-0.1, -0.05) is 12.1 Å². The Balaban J connectivity index is 2.70. The van der Waals surface area contributed by atoms with E-state index in [1.165, 1.54) is 27.1 Å². The molecular weight excluding hydrogens is 264 g/mol. The van der Waals surface area contributed by atoms with Gasteiger partial charge in [-0.25, -0.2) is 9.59 Å². The van der Waals surface area contributed by atoms with E-state index in [0.717, 1.165) is 0 Å². The first-order valence-electron chi connectivity index (χ1n) is 5.86. The molecule has 108 valence electrons. The van der Waals surface area contributed by atoms with Crippen molar-refractivity contribution < 1.29 is 23.9 Å². The van der Waals surface area contributed by atoms with Gasteiger partial charge in [0.15, 0.2) is 6.10 Å². The van der Waals surface area contributed by atoms with E-state index in [-0.39, 0.29) is 5.56 Å². The van der Waals surface area contributed by atoms with Gasteiger partial charge in [-0.15, -0.1) is 0 Å². The number of urea groups is 1. The summed E-state index contributed by atoms with van der Waals surface area (Å²) in [6, 6.07) is 5.80. The molecule has 0 saturated heterocycles. The van der Waals surface area contributed by atoms with Gasteiger partial charge in [0.2, 0.25) is 0 Å². The molecule has 0 heterocycles. The number of hydrogen-bond donors (Lipinski definition) is 2. The largest absolute Gasteiger partial charge is 0.496 e. The Hall–Kier alpha value is -2.57. The third kappa shape index (κ3) is 3.98. The zero-order chi connectivity index (χ0) is 15.1. The molecule has 2 N–H and O–H groups in total. The van der Waals surface area contributed by atoms with Crippen molar-refractivity contribution in [1.82, 2.24) is 10.6 Å². The molecule has 1 aromatic carbocycles. The lowest BCUT2D eigenvalue weighted by atomic mass is 10.2. The van der Waals surface area contributed by atoms with Crippen LogP contribution in [0.5, 0.6) is 5.75 Å². The lowest BCUT2D eigenvalue weighted by molar-refractivity contribution is -0.127. The zero-order valence-corrected chi connectivity index (χ0v) is 11.4. The molecule has 0 unspecified atom stereocenters. The molecule has 3 amide bonds. The van der Waals surface area contributed by atoms with Crippen LogP contribution >= 0.6 is 0 Å². The van der Waals surface area contributed by atoms with Crippen LogP contribution in [0.4, 0.5) is 4.79 Å². The Morgan fingerprint density at radius 3 is 2.45 bits per heavy atom. The van der Waals surface area contributed by atoms with Crippen LogP contribution in [0.15, 0.2) is 24.3 Å². The van der Waals surface area contributed by atoms with E-state index in [9.17, 15) is 14.4 Å². The highest BCUT2D eigenvalue weighted by molar-refractivity contribution is 5.99. The molecule has 0 radical (unpaired) electrons. The first-order valence-corrected chi connectivity index (χ1v) is 5.86. The molecule has 0 aliphatic carbocycles. The number of methoxy groups -OCH3 is 1. The van der Waals surface area contributed by atoms with Gasteiger partial charge in [-0.3, -0.25) is 10.1 Å². The van der Waals surface area contributed by atoms with Gasteiger partial charge in [0.1, 0.15) is 11.3 Å². The Morgan fingerprint density at radius 2 is 1.85 bits per heavy atom. The number of benzene rings is 1. The summed E-state index contributed by atoms with van der Waals surface area (Å²) >= 11 is 0. The van der Waals surface area contributed by atoms with Gasteiger partial charge in [0, 0.05) is 7.05 Å². The molecule has 0 aromatic heterocycles. The van der Waals surface area contributed by atoms with Crippen molar-refractivity contribution in [2.45, 2.75) is 13.0 Å². The molecule has 0 spiro atoms. The Bertz CT molecular complexity index is 515. The fourth-order valence-corrected chi connectivity index (χ4v) is 1.37. The summed E-state index contributed by atoms with van der Waals surface area (Å²) < 4.78 is 10.0. The predicted octanol–water partition coefficient (Wildman–Crippen LogP) is 0.696. The number of esters is 1. The van der Waals surface area contributed by atoms with Crippen molar-refractivity contribution in [3.63, 3.8) is 0 Å². The van der Waals surface area contributed by atoms with Crippen molar-refractivity contribution in [2.75, 3.05) is 14.2 Å². The summed E-state index contributed by atoms with van der Waals surface area (Å²) in [6.45, 7) is 1.37. The molecule has 0 bridgehead atoms. The van der Waals surface area contributed by atoms with Crippen LogP contribution in [0.25, 0.3) is 0 Å². The molecule has 7 heteroatoms. The highest BCUT2D eigenvalue weighted by atomic mass is 16.5.